The standard InChI is InChI=1S/C13H16O3/c1-4-13(16,12(2,3)11(14)15)10-8-6-5-7-9-10/h4-9,16H,1H2,2-3H3,(H,14,15). The fraction of sp³-hybridized carbons (Fsp3) is 0.308. The van der Waals surface area contributed by atoms with Crippen molar-refractivity contribution in [3.05, 3.63) is 48.6 Å². The molecule has 0 saturated heterocycles. The zero-order valence-electron chi connectivity index (χ0n) is 9.47. The molecule has 0 fully saturated rings. The molecule has 1 aromatic rings. The van der Waals surface area contributed by atoms with E-state index < -0.39 is 17.0 Å². The first kappa shape index (κ1) is 12.5. The summed E-state index contributed by atoms with van der Waals surface area (Å²) in [6.07, 6.45) is 1.27. The molecule has 0 aliphatic heterocycles. The van der Waals surface area contributed by atoms with E-state index in [1.807, 2.05) is 0 Å². The molecule has 1 atom stereocenters. The summed E-state index contributed by atoms with van der Waals surface area (Å²) >= 11 is 0. The lowest BCUT2D eigenvalue weighted by atomic mass is 9.71. The maximum atomic E-state index is 11.2. The molecule has 0 amide bonds. The van der Waals surface area contributed by atoms with Crippen LogP contribution in [0.1, 0.15) is 19.4 Å². The van der Waals surface area contributed by atoms with E-state index in [0.29, 0.717) is 5.56 Å². The molecule has 3 nitrogen and oxygen atoms in total. The Labute approximate surface area is 95.0 Å². The molecule has 0 saturated carbocycles. The fourth-order valence-electron chi connectivity index (χ4n) is 1.59. The summed E-state index contributed by atoms with van der Waals surface area (Å²) in [7, 11) is 0. The molecular formula is C13H16O3. The summed E-state index contributed by atoms with van der Waals surface area (Å²) in [5.74, 6) is -1.07. The number of hydrogen-bond donors (Lipinski definition) is 2. The average molecular weight is 220 g/mol. The average Bonchev–Trinajstić information content (AvgIpc) is 2.28. The maximum absolute atomic E-state index is 11.2. The Hall–Kier alpha value is -1.61. The van der Waals surface area contributed by atoms with Crippen LogP contribution in [-0.4, -0.2) is 16.2 Å². The number of aliphatic carboxylic acids is 1. The number of carbonyl (C=O) groups is 1. The topological polar surface area (TPSA) is 57.5 Å². The van der Waals surface area contributed by atoms with Crippen LogP contribution in [0.5, 0.6) is 0 Å². The van der Waals surface area contributed by atoms with Gasteiger partial charge in [-0.15, -0.1) is 0 Å². The van der Waals surface area contributed by atoms with Crippen LogP contribution in [0.4, 0.5) is 0 Å². The van der Waals surface area contributed by atoms with Crippen molar-refractivity contribution in [2.24, 2.45) is 5.41 Å². The smallest absolute Gasteiger partial charge is 0.312 e. The third-order valence-corrected chi connectivity index (χ3v) is 3.00. The van der Waals surface area contributed by atoms with Gasteiger partial charge in [0, 0.05) is 0 Å². The summed E-state index contributed by atoms with van der Waals surface area (Å²) < 4.78 is 0. The number of rotatable bonds is 4. The number of aliphatic hydroxyl groups is 1. The van der Waals surface area contributed by atoms with E-state index in [9.17, 15) is 9.90 Å². The van der Waals surface area contributed by atoms with E-state index in [0.717, 1.165) is 0 Å². The van der Waals surface area contributed by atoms with Gasteiger partial charge in [0.2, 0.25) is 0 Å². The molecule has 0 aliphatic carbocycles. The van der Waals surface area contributed by atoms with Crippen LogP contribution in [-0.2, 0) is 10.4 Å². The highest BCUT2D eigenvalue weighted by Crippen LogP contribution is 2.40. The van der Waals surface area contributed by atoms with Gasteiger partial charge in [0.15, 0.2) is 0 Å². The summed E-state index contributed by atoms with van der Waals surface area (Å²) in [6, 6.07) is 8.68. The highest BCUT2D eigenvalue weighted by atomic mass is 16.4. The molecule has 0 aromatic heterocycles. The molecule has 0 bridgehead atoms. The van der Waals surface area contributed by atoms with Crippen molar-refractivity contribution in [1.29, 1.82) is 0 Å². The Balaban J connectivity index is 3.33. The third-order valence-electron chi connectivity index (χ3n) is 3.00. The highest BCUT2D eigenvalue weighted by molar-refractivity contribution is 5.76. The van der Waals surface area contributed by atoms with Crippen molar-refractivity contribution in [3.8, 4) is 0 Å². The lowest BCUT2D eigenvalue weighted by Crippen LogP contribution is -2.45. The van der Waals surface area contributed by atoms with Gasteiger partial charge in [-0.1, -0.05) is 43.0 Å². The van der Waals surface area contributed by atoms with Gasteiger partial charge in [-0.3, -0.25) is 4.79 Å². The van der Waals surface area contributed by atoms with Gasteiger partial charge in [0.25, 0.3) is 0 Å². The van der Waals surface area contributed by atoms with E-state index >= 15 is 0 Å². The predicted molar refractivity (Wildman–Crippen MR) is 62.0 cm³/mol. The van der Waals surface area contributed by atoms with Crippen LogP contribution in [0.15, 0.2) is 43.0 Å². The van der Waals surface area contributed by atoms with E-state index in [4.69, 9.17) is 5.11 Å². The van der Waals surface area contributed by atoms with Crippen LogP contribution < -0.4 is 0 Å². The lowest BCUT2D eigenvalue weighted by Gasteiger charge is -2.37. The van der Waals surface area contributed by atoms with Gasteiger partial charge in [-0.05, 0) is 19.4 Å². The van der Waals surface area contributed by atoms with Crippen molar-refractivity contribution >= 4 is 5.97 Å². The number of carboxylic acid groups (broad SMARTS) is 1. The Morgan fingerprint density at radius 2 is 1.81 bits per heavy atom. The number of carboxylic acids is 1. The summed E-state index contributed by atoms with van der Waals surface area (Å²) in [5, 5.41) is 19.7. The maximum Gasteiger partial charge on any atom is 0.312 e. The van der Waals surface area contributed by atoms with Gasteiger partial charge in [-0.2, -0.15) is 0 Å². The molecule has 1 aromatic carbocycles. The second-order valence-corrected chi connectivity index (χ2v) is 4.27. The van der Waals surface area contributed by atoms with Crippen molar-refractivity contribution in [2.75, 3.05) is 0 Å². The van der Waals surface area contributed by atoms with Crippen LogP contribution >= 0.6 is 0 Å². The predicted octanol–water partition coefficient (Wildman–Crippen LogP) is 2.17. The fourth-order valence-corrected chi connectivity index (χ4v) is 1.59. The number of hydrogen-bond acceptors (Lipinski definition) is 2. The van der Waals surface area contributed by atoms with E-state index in [-0.39, 0.29) is 0 Å². The van der Waals surface area contributed by atoms with Crippen molar-refractivity contribution in [3.63, 3.8) is 0 Å². The molecule has 3 heteroatoms. The van der Waals surface area contributed by atoms with E-state index in [1.54, 1.807) is 30.3 Å². The molecule has 86 valence electrons. The Morgan fingerprint density at radius 3 is 2.19 bits per heavy atom. The molecule has 1 unspecified atom stereocenters. The lowest BCUT2D eigenvalue weighted by molar-refractivity contribution is -0.160. The monoisotopic (exact) mass is 220 g/mol. The Bertz CT molecular complexity index is 395. The van der Waals surface area contributed by atoms with Gasteiger partial charge in [-0.25, -0.2) is 0 Å². The van der Waals surface area contributed by atoms with Crippen LogP contribution in [0.2, 0.25) is 0 Å². The first-order valence-corrected chi connectivity index (χ1v) is 5.01. The first-order valence-electron chi connectivity index (χ1n) is 5.01. The molecule has 1 rings (SSSR count). The van der Waals surface area contributed by atoms with Crippen LogP contribution in [0.25, 0.3) is 0 Å². The molecule has 2 N–H and O–H groups in total. The second kappa shape index (κ2) is 4.10. The zero-order valence-corrected chi connectivity index (χ0v) is 9.47. The molecule has 0 radical (unpaired) electrons. The van der Waals surface area contributed by atoms with Crippen molar-refractivity contribution < 1.29 is 15.0 Å². The summed E-state index contributed by atoms with van der Waals surface area (Å²) in [6.45, 7) is 6.50. The largest absolute Gasteiger partial charge is 0.481 e. The molecule has 0 heterocycles. The molecule has 0 aliphatic rings. The van der Waals surface area contributed by atoms with Gasteiger partial charge >= 0.3 is 5.97 Å². The number of benzene rings is 1. The minimum Gasteiger partial charge on any atom is -0.481 e. The quantitative estimate of drug-likeness (QED) is 0.764. The minimum absolute atomic E-state index is 0.525. The van der Waals surface area contributed by atoms with Gasteiger partial charge in [0.05, 0.1) is 5.41 Å². The first-order chi connectivity index (χ1) is 7.36. The summed E-state index contributed by atoms with van der Waals surface area (Å²) in [4.78, 5) is 11.2. The summed E-state index contributed by atoms with van der Waals surface area (Å²) in [5.41, 5.74) is -2.40. The third kappa shape index (κ3) is 1.74. The Kier molecular flexibility index (Phi) is 3.19. The molecule has 0 spiro atoms. The minimum atomic E-state index is -1.58. The van der Waals surface area contributed by atoms with E-state index in [1.165, 1.54) is 19.9 Å². The molecular weight excluding hydrogens is 204 g/mol. The van der Waals surface area contributed by atoms with Crippen molar-refractivity contribution in [1.82, 2.24) is 0 Å². The normalized spacial score (nSPS) is 15.2. The Morgan fingerprint density at radius 1 is 1.31 bits per heavy atom. The highest BCUT2D eigenvalue weighted by Gasteiger charge is 2.48. The van der Waals surface area contributed by atoms with Gasteiger partial charge in [0.1, 0.15) is 5.60 Å². The van der Waals surface area contributed by atoms with Crippen LogP contribution in [0.3, 0.4) is 0 Å². The van der Waals surface area contributed by atoms with Gasteiger partial charge < -0.3 is 10.2 Å². The van der Waals surface area contributed by atoms with Crippen LogP contribution in [0, 0.1) is 5.41 Å². The molecule has 16 heavy (non-hydrogen) atoms. The SMILES string of the molecule is C=CC(O)(c1ccccc1)C(C)(C)C(=O)O. The second-order valence-electron chi connectivity index (χ2n) is 4.27. The zero-order chi connectivity index (χ0) is 12.4. The van der Waals surface area contributed by atoms with Crippen molar-refractivity contribution in [2.45, 2.75) is 19.4 Å². The van der Waals surface area contributed by atoms with E-state index in [2.05, 4.69) is 6.58 Å².